The molecule has 0 saturated carbocycles. The van der Waals surface area contributed by atoms with Crippen LogP contribution in [0.3, 0.4) is 0 Å². The first-order chi connectivity index (χ1) is 8.24. The van der Waals surface area contributed by atoms with Crippen LogP contribution in [0.5, 0.6) is 0 Å². The van der Waals surface area contributed by atoms with Crippen LogP contribution in [0.2, 0.25) is 0 Å². The molecular formula is C11H14N2O4. The van der Waals surface area contributed by atoms with Crippen molar-refractivity contribution < 1.29 is 19.1 Å². The molecule has 1 aliphatic heterocycles. The summed E-state index contributed by atoms with van der Waals surface area (Å²) in [6.07, 6.45) is 2.99. The van der Waals surface area contributed by atoms with Gasteiger partial charge >= 0.3 is 5.97 Å². The summed E-state index contributed by atoms with van der Waals surface area (Å²) in [5.74, 6) is -0.683. The number of nitrogens with one attached hydrogen (secondary N) is 1. The van der Waals surface area contributed by atoms with Gasteiger partial charge in [0.1, 0.15) is 0 Å². The number of rotatable bonds is 2. The summed E-state index contributed by atoms with van der Waals surface area (Å²) in [5, 5.41) is 0. The number of carbonyl (C=O) groups is 2. The molecule has 1 aromatic rings. The van der Waals surface area contributed by atoms with E-state index in [1.807, 2.05) is 0 Å². The molecule has 1 N–H and O–H groups in total. The lowest BCUT2D eigenvalue weighted by Gasteiger charge is -2.26. The Morgan fingerprint density at radius 2 is 1.94 bits per heavy atom. The van der Waals surface area contributed by atoms with E-state index in [0.29, 0.717) is 31.9 Å². The number of amides is 1. The number of H-pyrrole nitrogens is 1. The average Bonchev–Trinajstić information content (AvgIpc) is 2.87. The molecule has 1 saturated heterocycles. The minimum atomic E-state index is -0.511. The van der Waals surface area contributed by atoms with Crippen LogP contribution in [0.15, 0.2) is 12.4 Å². The van der Waals surface area contributed by atoms with Gasteiger partial charge in [0, 0.05) is 25.5 Å². The summed E-state index contributed by atoms with van der Waals surface area (Å²) in [6.45, 7) is 2.16. The number of aromatic nitrogens is 1. The van der Waals surface area contributed by atoms with Crippen LogP contribution in [0.25, 0.3) is 0 Å². The molecule has 6 nitrogen and oxygen atoms in total. The SMILES string of the molecule is COC(=O)c1c[nH]cc1C(=O)N1CCOCC1. The fraction of sp³-hybridized carbons (Fsp3) is 0.455. The van der Waals surface area contributed by atoms with Crippen molar-refractivity contribution in [3.63, 3.8) is 0 Å². The zero-order chi connectivity index (χ0) is 12.3. The quantitative estimate of drug-likeness (QED) is 0.751. The van der Waals surface area contributed by atoms with E-state index in [1.54, 1.807) is 4.90 Å². The topological polar surface area (TPSA) is 71.6 Å². The van der Waals surface area contributed by atoms with Crippen molar-refractivity contribution >= 4 is 11.9 Å². The molecule has 17 heavy (non-hydrogen) atoms. The number of hydrogen-bond donors (Lipinski definition) is 1. The van der Waals surface area contributed by atoms with E-state index in [2.05, 4.69) is 9.72 Å². The first-order valence-corrected chi connectivity index (χ1v) is 5.36. The molecule has 1 aromatic heterocycles. The molecule has 1 amide bonds. The molecule has 0 aromatic carbocycles. The number of morpholine rings is 1. The lowest BCUT2D eigenvalue weighted by molar-refractivity contribution is 0.0300. The molecule has 0 spiro atoms. The minimum absolute atomic E-state index is 0.171. The largest absolute Gasteiger partial charge is 0.465 e. The van der Waals surface area contributed by atoms with Crippen LogP contribution in [0, 0.1) is 0 Å². The Balaban J connectivity index is 2.18. The average molecular weight is 238 g/mol. The highest BCUT2D eigenvalue weighted by Gasteiger charge is 2.24. The van der Waals surface area contributed by atoms with E-state index >= 15 is 0 Å². The lowest BCUT2D eigenvalue weighted by Crippen LogP contribution is -2.41. The number of methoxy groups -OCH3 is 1. The molecule has 0 atom stereocenters. The Bertz CT molecular complexity index is 421. The second-order valence-electron chi connectivity index (χ2n) is 3.68. The third-order valence-electron chi connectivity index (χ3n) is 2.68. The van der Waals surface area contributed by atoms with Gasteiger partial charge in [0.05, 0.1) is 31.5 Å². The highest BCUT2D eigenvalue weighted by Crippen LogP contribution is 2.13. The fourth-order valence-corrected chi connectivity index (χ4v) is 1.76. The standard InChI is InChI=1S/C11H14N2O4/c1-16-11(15)9-7-12-6-8(9)10(14)13-2-4-17-5-3-13/h6-7,12H,2-5H2,1H3. The van der Waals surface area contributed by atoms with E-state index in [0.717, 1.165) is 0 Å². The van der Waals surface area contributed by atoms with Crippen molar-refractivity contribution in [1.29, 1.82) is 0 Å². The molecule has 2 heterocycles. The molecule has 0 radical (unpaired) electrons. The monoisotopic (exact) mass is 238 g/mol. The first-order valence-electron chi connectivity index (χ1n) is 5.36. The molecule has 92 valence electrons. The number of esters is 1. The smallest absolute Gasteiger partial charge is 0.340 e. The molecule has 6 heteroatoms. The number of nitrogens with zero attached hydrogens (tertiary/aromatic N) is 1. The van der Waals surface area contributed by atoms with Crippen molar-refractivity contribution in [2.45, 2.75) is 0 Å². The van der Waals surface area contributed by atoms with E-state index in [4.69, 9.17) is 4.74 Å². The van der Waals surface area contributed by atoms with Crippen molar-refractivity contribution in [3.8, 4) is 0 Å². The van der Waals surface area contributed by atoms with Crippen LogP contribution in [-0.2, 0) is 9.47 Å². The van der Waals surface area contributed by atoms with Gasteiger partial charge in [-0.15, -0.1) is 0 Å². The third kappa shape index (κ3) is 2.31. The molecule has 0 bridgehead atoms. The number of ether oxygens (including phenoxy) is 2. The zero-order valence-electron chi connectivity index (χ0n) is 9.56. The van der Waals surface area contributed by atoms with Gasteiger partial charge in [-0.25, -0.2) is 4.79 Å². The van der Waals surface area contributed by atoms with E-state index < -0.39 is 5.97 Å². The van der Waals surface area contributed by atoms with Crippen molar-refractivity contribution in [3.05, 3.63) is 23.5 Å². The number of hydrogen-bond acceptors (Lipinski definition) is 4. The second-order valence-corrected chi connectivity index (χ2v) is 3.68. The Morgan fingerprint density at radius 3 is 2.59 bits per heavy atom. The number of aromatic amines is 1. The van der Waals surface area contributed by atoms with Gasteiger partial charge in [-0.1, -0.05) is 0 Å². The number of carbonyl (C=O) groups excluding carboxylic acids is 2. The summed E-state index contributed by atoms with van der Waals surface area (Å²) in [4.78, 5) is 28.0. The Hall–Kier alpha value is -1.82. The summed E-state index contributed by atoms with van der Waals surface area (Å²) in [5.41, 5.74) is 0.614. The van der Waals surface area contributed by atoms with Crippen molar-refractivity contribution in [2.75, 3.05) is 33.4 Å². The van der Waals surface area contributed by atoms with E-state index in [1.165, 1.54) is 19.5 Å². The van der Waals surface area contributed by atoms with Gasteiger partial charge in [0.25, 0.3) is 5.91 Å². The predicted molar refractivity (Wildman–Crippen MR) is 58.9 cm³/mol. The van der Waals surface area contributed by atoms with Crippen LogP contribution in [-0.4, -0.2) is 55.2 Å². The van der Waals surface area contributed by atoms with Gasteiger partial charge < -0.3 is 19.4 Å². The highest BCUT2D eigenvalue weighted by atomic mass is 16.5. The summed E-state index contributed by atoms with van der Waals surface area (Å²) < 4.78 is 9.79. The normalized spacial score (nSPS) is 15.7. The van der Waals surface area contributed by atoms with Crippen molar-refractivity contribution in [2.24, 2.45) is 0 Å². The molecule has 0 unspecified atom stereocenters. The van der Waals surface area contributed by atoms with E-state index in [-0.39, 0.29) is 11.5 Å². The predicted octanol–water partition coefficient (Wildman–Crippen LogP) is 0.274. The van der Waals surface area contributed by atoms with E-state index in [9.17, 15) is 9.59 Å². The third-order valence-corrected chi connectivity index (χ3v) is 2.68. The van der Waals surface area contributed by atoms with Gasteiger partial charge in [-0.3, -0.25) is 4.79 Å². The molecule has 2 rings (SSSR count). The van der Waals surface area contributed by atoms with Crippen LogP contribution < -0.4 is 0 Å². The fourth-order valence-electron chi connectivity index (χ4n) is 1.76. The van der Waals surface area contributed by atoms with Crippen LogP contribution in [0.4, 0.5) is 0 Å². The maximum absolute atomic E-state index is 12.1. The Morgan fingerprint density at radius 1 is 1.29 bits per heavy atom. The Labute approximate surface area is 98.5 Å². The minimum Gasteiger partial charge on any atom is -0.465 e. The zero-order valence-corrected chi connectivity index (χ0v) is 9.56. The van der Waals surface area contributed by atoms with Crippen molar-refractivity contribution in [1.82, 2.24) is 9.88 Å². The lowest BCUT2D eigenvalue weighted by atomic mass is 10.1. The van der Waals surface area contributed by atoms with Gasteiger partial charge in [-0.05, 0) is 0 Å². The summed E-state index contributed by atoms with van der Waals surface area (Å²) >= 11 is 0. The maximum atomic E-state index is 12.1. The summed E-state index contributed by atoms with van der Waals surface area (Å²) in [7, 11) is 1.29. The second kappa shape index (κ2) is 5.01. The molecule has 1 fully saturated rings. The highest BCUT2D eigenvalue weighted by molar-refractivity contribution is 6.05. The first kappa shape index (κ1) is 11.7. The van der Waals surface area contributed by atoms with Gasteiger partial charge in [0.15, 0.2) is 0 Å². The van der Waals surface area contributed by atoms with Crippen LogP contribution >= 0.6 is 0 Å². The molecular weight excluding hydrogens is 224 g/mol. The maximum Gasteiger partial charge on any atom is 0.340 e. The Kier molecular flexibility index (Phi) is 3.43. The van der Waals surface area contributed by atoms with Crippen LogP contribution in [0.1, 0.15) is 20.7 Å². The molecule has 0 aliphatic carbocycles. The van der Waals surface area contributed by atoms with Gasteiger partial charge in [0.2, 0.25) is 0 Å². The van der Waals surface area contributed by atoms with Gasteiger partial charge in [-0.2, -0.15) is 0 Å². The summed E-state index contributed by atoms with van der Waals surface area (Å²) in [6, 6.07) is 0. The molecule has 1 aliphatic rings.